The molecule has 0 aliphatic heterocycles. The van der Waals surface area contributed by atoms with Crippen LogP contribution < -0.4 is 5.73 Å². The molecule has 0 fully saturated rings. The Labute approximate surface area is 91.1 Å². The second-order valence-corrected chi connectivity index (χ2v) is 3.80. The molecule has 0 aromatic heterocycles. The molecule has 0 atom stereocenters. The molecule has 0 unspecified atom stereocenters. The number of phenols is 1. The van der Waals surface area contributed by atoms with Gasteiger partial charge in [-0.1, -0.05) is 6.92 Å². The third kappa shape index (κ3) is 2.13. The number of Topliss-reactive ketones (excluding diaryl/α,β-unsaturated/α-hetero) is 1. The summed E-state index contributed by atoms with van der Waals surface area (Å²) in [7, 11) is 0. The molecule has 0 saturated heterocycles. The van der Waals surface area contributed by atoms with Gasteiger partial charge in [0.15, 0.2) is 5.78 Å². The highest BCUT2D eigenvalue weighted by atomic mass is 79.9. The maximum absolute atomic E-state index is 11.5. The van der Waals surface area contributed by atoms with Gasteiger partial charge in [0.1, 0.15) is 5.75 Å². The van der Waals surface area contributed by atoms with Crippen LogP contribution in [0.25, 0.3) is 0 Å². The SMILES string of the molecule is CCC(=O)c1cc(CN)c(O)cc1Br. The van der Waals surface area contributed by atoms with E-state index < -0.39 is 0 Å². The van der Waals surface area contributed by atoms with Crippen LogP contribution >= 0.6 is 15.9 Å². The first-order valence-electron chi connectivity index (χ1n) is 4.34. The van der Waals surface area contributed by atoms with Gasteiger partial charge in [-0.15, -0.1) is 0 Å². The molecule has 1 aromatic carbocycles. The van der Waals surface area contributed by atoms with E-state index in [1.165, 1.54) is 6.07 Å². The summed E-state index contributed by atoms with van der Waals surface area (Å²) in [6, 6.07) is 3.14. The van der Waals surface area contributed by atoms with Crippen LogP contribution in [0.15, 0.2) is 16.6 Å². The Kier molecular flexibility index (Phi) is 3.66. The van der Waals surface area contributed by atoms with Crippen LogP contribution in [0.5, 0.6) is 5.75 Å². The van der Waals surface area contributed by atoms with E-state index in [9.17, 15) is 9.90 Å². The molecule has 0 spiro atoms. The van der Waals surface area contributed by atoms with Crippen molar-refractivity contribution < 1.29 is 9.90 Å². The van der Waals surface area contributed by atoms with Gasteiger partial charge in [0, 0.05) is 28.6 Å². The fraction of sp³-hybridized carbons (Fsp3) is 0.300. The Hall–Kier alpha value is -0.870. The number of hydrogen-bond acceptors (Lipinski definition) is 3. The number of carbonyl (C=O) groups excluding carboxylic acids is 1. The van der Waals surface area contributed by atoms with Crippen LogP contribution in [0.1, 0.15) is 29.3 Å². The maximum atomic E-state index is 11.5. The average molecular weight is 258 g/mol. The quantitative estimate of drug-likeness (QED) is 0.817. The van der Waals surface area contributed by atoms with Crippen molar-refractivity contribution in [3.05, 3.63) is 27.7 Å². The minimum absolute atomic E-state index is 0.0339. The van der Waals surface area contributed by atoms with Gasteiger partial charge < -0.3 is 10.8 Å². The molecule has 0 radical (unpaired) electrons. The van der Waals surface area contributed by atoms with Gasteiger partial charge in [-0.25, -0.2) is 0 Å². The lowest BCUT2D eigenvalue weighted by atomic mass is 10.0. The Balaban J connectivity index is 3.24. The van der Waals surface area contributed by atoms with Crippen LogP contribution in [0.4, 0.5) is 0 Å². The Morgan fingerprint density at radius 1 is 1.57 bits per heavy atom. The van der Waals surface area contributed by atoms with Crippen molar-refractivity contribution in [2.75, 3.05) is 0 Å². The average Bonchev–Trinajstić information content (AvgIpc) is 2.17. The lowest BCUT2D eigenvalue weighted by molar-refractivity contribution is 0.0987. The van der Waals surface area contributed by atoms with Crippen molar-refractivity contribution in [3.8, 4) is 5.75 Å². The molecule has 14 heavy (non-hydrogen) atoms. The van der Waals surface area contributed by atoms with E-state index in [2.05, 4.69) is 15.9 Å². The molecule has 0 bridgehead atoms. The summed E-state index contributed by atoms with van der Waals surface area (Å²) in [4.78, 5) is 11.5. The van der Waals surface area contributed by atoms with Gasteiger partial charge >= 0.3 is 0 Å². The van der Waals surface area contributed by atoms with E-state index in [1.807, 2.05) is 0 Å². The largest absolute Gasteiger partial charge is 0.508 e. The molecular formula is C10H12BrNO2. The van der Waals surface area contributed by atoms with Crippen molar-refractivity contribution in [1.29, 1.82) is 0 Å². The Morgan fingerprint density at radius 2 is 2.21 bits per heavy atom. The predicted molar refractivity (Wildman–Crippen MR) is 58.3 cm³/mol. The second-order valence-electron chi connectivity index (χ2n) is 2.94. The van der Waals surface area contributed by atoms with E-state index in [0.29, 0.717) is 22.0 Å². The van der Waals surface area contributed by atoms with Gasteiger partial charge in [-0.2, -0.15) is 0 Å². The number of aromatic hydroxyl groups is 1. The van der Waals surface area contributed by atoms with E-state index in [1.54, 1.807) is 13.0 Å². The minimum atomic E-state index is 0.0339. The number of hydrogen-bond donors (Lipinski definition) is 2. The number of nitrogens with two attached hydrogens (primary N) is 1. The normalized spacial score (nSPS) is 10.2. The zero-order valence-electron chi connectivity index (χ0n) is 7.88. The number of ketones is 1. The van der Waals surface area contributed by atoms with Crippen molar-refractivity contribution in [1.82, 2.24) is 0 Å². The lowest BCUT2D eigenvalue weighted by Gasteiger charge is -2.07. The first-order valence-corrected chi connectivity index (χ1v) is 5.14. The molecule has 3 nitrogen and oxygen atoms in total. The highest BCUT2D eigenvalue weighted by molar-refractivity contribution is 9.10. The summed E-state index contributed by atoms with van der Waals surface area (Å²) >= 11 is 3.23. The zero-order valence-corrected chi connectivity index (χ0v) is 9.47. The third-order valence-electron chi connectivity index (χ3n) is 2.01. The molecule has 0 aliphatic rings. The summed E-state index contributed by atoms with van der Waals surface area (Å²) < 4.78 is 0.610. The minimum Gasteiger partial charge on any atom is -0.508 e. The number of benzene rings is 1. The molecular weight excluding hydrogens is 246 g/mol. The topological polar surface area (TPSA) is 63.3 Å². The highest BCUT2D eigenvalue weighted by Crippen LogP contribution is 2.27. The molecule has 3 N–H and O–H groups in total. The molecule has 76 valence electrons. The van der Waals surface area contributed by atoms with Crippen molar-refractivity contribution in [2.45, 2.75) is 19.9 Å². The van der Waals surface area contributed by atoms with E-state index in [0.717, 1.165) is 0 Å². The summed E-state index contributed by atoms with van der Waals surface area (Å²) in [6.45, 7) is 2.02. The van der Waals surface area contributed by atoms with Crippen molar-refractivity contribution in [3.63, 3.8) is 0 Å². The van der Waals surface area contributed by atoms with E-state index in [-0.39, 0.29) is 18.1 Å². The van der Waals surface area contributed by atoms with E-state index >= 15 is 0 Å². The lowest BCUT2D eigenvalue weighted by Crippen LogP contribution is -2.03. The van der Waals surface area contributed by atoms with Crippen molar-refractivity contribution >= 4 is 21.7 Å². The number of rotatable bonds is 3. The van der Waals surface area contributed by atoms with Gasteiger partial charge in [0.05, 0.1) is 0 Å². The molecule has 1 aromatic rings. The number of halogens is 1. The maximum Gasteiger partial charge on any atom is 0.163 e. The monoisotopic (exact) mass is 257 g/mol. The van der Waals surface area contributed by atoms with Crippen LogP contribution in [0, 0.1) is 0 Å². The fourth-order valence-corrected chi connectivity index (χ4v) is 1.73. The van der Waals surface area contributed by atoms with Crippen molar-refractivity contribution in [2.24, 2.45) is 5.73 Å². The van der Waals surface area contributed by atoms with Gasteiger partial charge in [0.2, 0.25) is 0 Å². The first-order chi connectivity index (χ1) is 6.60. The molecule has 0 amide bonds. The molecule has 0 aliphatic carbocycles. The van der Waals surface area contributed by atoms with Crippen LogP contribution in [-0.2, 0) is 6.54 Å². The van der Waals surface area contributed by atoms with Gasteiger partial charge in [0.25, 0.3) is 0 Å². The Bertz CT molecular complexity index is 363. The zero-order chi connectivity index (χ0) is 10.7. The number of phenolic OH excluding ortho intramolecular Hbond substituents is 1. The molecule has 4 heteroatoms. The fourth-order valence-electron chi connectivity index (χ4n) is 1.18. The molecule has 0 heterocycles. The molecule has 0 saturated carbocycles. The van der Waals surface area contributed by atoms with Crippen LogP contribution in [-0.4, -0.2) is 10.9 Å². The van der Waals surface area contributed by atoms with E-state index in [4.69, 9.17) is 5.73 Å². The predicted octanol–water partition coefficient (Wildman–Crippen LogP) is 2.21. The van der Waals surface area contributed by atoms with Crippen LogP contribution in [0.3, 0.4) is 0 Å². The number of carbonyl (C=O) groups is 1. The molecule has 1 rings (SSSR count). The second kappa shape index (κ2) is 4.57. The standard InChI is InChI=1S/C10H12BrNO2/c1-2-9(13)7-3-6(5-12)10(14)4-8(7)11/h3-4,14H,2,5,12H2,1H3. The van der Waals surface area contributed by atoms with Gasteiger partial charge in [-0.3, -0.25) is 4.79 Å². The highest BCUT2D eigenvalue weighted by Gasteiger charge is 2.11. The first kappa shape index (κ1) is 11.2. The Morgan fingerprint density at radius 3 is 2.71 bits per heavy atom. The summed E-state index contributed by atoms with van der Waals surface area (Å²) in [6.07, 6.45) is 0.438. The van der Waals surface area contributed by atoms with Gasteiger partial charge in [-0.05, 0) is 28.1 Å². The smallest absolute Gasteiger partial charge is 0.163 e. The summed E-state index contributed by atoms with van der Waals surface area (Å²) in [5.74, 6) is 0.151. The summed E-state index contributed by atoms with van der Waals surface area (Å²) in [5.41, 5.74) is 6.59. The summed E-state index contributed by atoms with van der Waals surface area (Å²) in [5, 5.41) is 9.45. The van der Waals surface area contributed by atoms with Crippen LogP contribution in [0.2, 0.25) is 0 Å². The third-order valence-corrected chi connectivity index (χ3v) is 2.67.